The van der Waals surface area contributed by atoms with Crippen molar-refractivity contribution in [2.45, 2.75) is 99.3 Å². The average Bonchev–Trinajstić information content (AvgIpc) is 2.85. The minimum absolute atomic E-state index is 0.0000173. The van der Waals surface area contributed by atoms with Gasteiger partial charge in [0, 0.05) is 31.5 Å². The lowest BCUT2D eigenvalue weighted by Crippen LogP contribution is -2.64. The third kappa shape index (κ3) is 3.69. The first-order valence-electron chi connectivity index (χ1n) is 15.1. The standard InChI is InChI=1S/C33H50O5/c1-29(2)18-21-20(22(19-29)28(36)38-8)9-13-33(6)27(21)23(34)17-25-30(3)12-11-26(35)31(4,15-16-37-7)24(30)10-14-32(25,33)5/h17,20-22,24,27H,9-16,18-19H2,1-8H3/t20?,21-,22-,24-,27+,30+,31+,32-,33-/m1/s1. The van der Waals surface area contributed by atoms with Gasteiger partial charge in [-0.05, 0) is 96.9 Å². The van der Waals surface area contributed by atoms with Crippen LogP contribution in [0, 0.1) is 56.7 Å². The lowest BCUT2D eigenvalue weighted by atomic mass is 9.34. The lowest BCUT2D eigenvalue weighted by molar-refractivity contribution is -0.176. The third-order valence-corrected chi connectivity index (χ3v) is 13.1. The van der Waals surface area contributed by atoms with Gasteiger partial charge in [-0.2, -0.15) is 0 Å². The lowest BCUT2D eigenvalue weighted by Gasteiger charge is -2.68. The summed E-state index contributed by atoms with van der Waals surface area (Å²) in [5, 5.41) is 0. The number of esters is 1. The maximum atomic E-state index is 14.4. The second-order valence-corrected chi connectivity index (χ2v) is 15.3. The van der Waals surface area contributed by atoms with Gasteiger partial charge in [-0.15, -0.1) is 0 Å². The van der Waals surface area contributed by atoms with Gasteiger partial charge in [-0.1, -0.05) is 47.1 Å². The van der Waals surface area contributed by atoms with Gasteiger partial charge in [-0.3, -0.25) is 14.4 Å². The number of Topliss-reactive ketones (excluding diaryl/α,β-unsaturated/α-hetero) is 1. The summed E-state index contributed by atoms with van der Waals surface area (Å²) >= 11 is 0. The largest absolute Gasteiger partial charge is 0.469 e. The maximum Gasteiger partial charge on any atom is 0.308 e. The van der Waals surface area contributed by atoms with Crippen LogP contribution in [0.5, 0.6) is 0 Å². The molecule has 0 N–H and O–H groups in total. The Morgan fingerprint density at radius 1 is 0.947 bits per heavy atom. The highest BCUT2D eigenvalue weighted by Gasteiger charge is 2.69. The summed E-state index contributed by atoms with van der Waals surface area (Å²) in [6, 6.07) is 0. The SMILES string of the molecule is COCC[C@]1(C)C(=O)CC[C@]2(C)C3=CC(=O)[C@@H]4[C@@H]5CC(C)(C)C[C@@H](C(=O)OC)C5CC[C@@]4(C)[C@]3(C)CC[C@@H]12. The van der Waals surface area contributed by atoms with Crippen molar-refractivity contribution in [3.8, 4) is 0 Å². The molecule has 5 aliphatic carbocycles. The molecule has 5 nitrogen and oxygen atoms in total. The monoisotopic (exact) mass is 526 g/mol. The highest BCUT2D eigenvalue weighted by atomic mass is 16.5. The molecule has 0 aliphatic heterocycles. The fourth-order valence-corrected chi connectivity index (χ4v) is 11.0. The summed E-state index contributed by atoms with van der Waals surface area (Å²) in [5.74, 6) is 1.00. The maximum absolute atomic E-state index is 14.4. The minimum Gasteiger partial charge on any atom is -0.469 e. The number of carbonyl (C=O) groups is 3. The number of ketones is 2. The van der Waals surface area contributed by atoms with Crippen LogP contribution >= 0.6 is 0 Å². The van der Waals surface area contributed by atoms with E-state index < -0.39 is 5.41 Å². The first kappa shape index (κ1) is 28.1. The second kappa shape index (κ2) is 9.01. The Labute approximate surface area is 229 Å². The Balaban J connectivity index is 1.58. The summed E-state index contributed by atoms with van der Waals surface area (Å²) in [6.45, 7) is 14.5. The molecular weight excluding hydrogens is 476 g/mol. The molecule has 1 unspecified atom stereocenters. The van der Waals surface area contributed by atoms with E-state index in [1.54, 1.807) is 7.11 Å². The van der Waals surface area contributed by atoms with E-state index in [4.69, 9.17) is 9.47 Å². The number of hydrogen-bond acceptors (Lipinski definition) is 5. The van der Waals surface area contributed by atoms with Gasteiger partial charge in [0.05, 0.1) is 13.0 Å². The van der Waals surface area contributed by atoms with E-state index in [0.29, 0.717) is 18.8 Å². The summed E-state index contributed by atoms with van der Waals surface area (Å²) < 4.78 is 10.7. The molecular formula is C33H50O5. The molecule has 0 saturated heterocycles. The summed E-state index contributed by atoms with van der Waals surface area (Å²) in [5.41, 5.74) is 0.503. The zero-order chi connectivity index (χ0) is 27.9. The summed E-state index contributed by atoms with van der Waals surface area (Å²) in [4.78, 5) is 40.7. The summed E-state index contributed by atoms with van der Waals surface area (Å²) in [6.07, 6.45) is 10.0. The Bertz CT molecular complexity index is 1060. The molecule has 0 aromatic rings. The van der Waals surface area contributed by atoms with Gasteiger partial charge in [0.2, 0.25) is 0 Å². The second-order valence-electron chi connectivity index (χ2n) is 15.3. The zero-order valence-corrected chi connectivity index (χ0v) is 25.1. The molecule has 0 amide bonds. The van der Waals surface area contributed by atoms with E-state index in [0.717, 1.165) is 51.4 Å². The average molecular weight is 527 g/mol. The van der Waals surface area contributed by atoms with Crippen molar-refractivity contribution in [3.63, 3.8) is 0 Å². The molecule has 0 heterocycles. The molecule has 4 saturated carbocycles. The number of hydrogen-bond donors (Lipinski definition) is 0. The Kier molecular flexibility index (Phi) is 6.65. The van der Waals surface area contributed by atoms with E-state index in [2.05, 4.69) is 47.6 Å². The molecule has 0 aromatic heterocycles. The predicted molar refractivity (Wildman–Crippen MR) is 147 cm³/mol. The highest BCUT2D eigenvalue weighted by Crippen LogP contribution is 2.74. The van der Waals surface area contributed by atoms with Gasteiger partial charge in [-0.25, -0.2) is 0 Å². The van der Waals surface area contributed by atoms with Crippen LogP contribution in [-0.4, -0.2) is 38.4 Å². The summed E-state index contributed by atoms with van der Waals surface area (Å²) in [7, 11) is 3.22. The fraction of sp³-hybridized carbons (Fsp3) is 0.848. The quantitative estimate of drug-likeness (QED) is 0.387. The number of ether oxygens (including phenoxy) is 2. The van der Waals surface area contributed by atoms with Crippen molar-refractivity contribution >= 4 is 17.5 Å². The molecule has 9 atom stereocenters. The number of rotatable bonds is 4. The van der Waals surface area contributed by atoms with E-state index in [1.165, 1.54) is 12.7 Å². The molecule has 0 aromatic carbocycles. The molecule has 0 spiro atoms. The number of fused-ring (bicyclic) bond motifs is 7. The number of carbonyl (C=O) groups excluding carboxylic acids is 3. The van der Waals surface area contributed by atoms with Crippen LogP contribution in [0.3, 0.4) is 0 Å². The molecule has 0 bridgehead atoms. The van der Waals surface area contributed by atoms with Crippen molar-refractivity contribution < 1.29 is 23.9 Å². The number of allylic oxidation sites excluding steroid dienone is 2. The van der Waals surface area contributed by atoms with Crippen molar-refractivity contribution in [1.29, 1.82) is 0 Å². The molecule has 212 valence electrons. The third-order valence-electron chi connectivity index (χ3n) is 13.1. The van der Waals surface area contributed by atoms with Crippen LogP contribution in [0.1, 0.15) is 99.3 Å². The van der Waals surface area contributed by atoms with Gasteiger partial charge >= 0.3 is 5.97 Å². The Hall–Kier alpha value is -1.49. The van der Waals surface area contributed by atoms with Crippen LogP contribution in [0.15, 0.2) is 11.6 Å². The molecule has 5 heteroatoms. The normalized spacial score (nSPS) is 47.7. The van der Waals surface area contributed by atoms with Crippen molar-refractivity contribution in [3.05, 3.63) is 11.6 Å². The van der Waals surface area contributed by atoms with Crippen molar-refractivity contribution in [2.24, 2.45) is 56.7 Å². The molecule has 5 aliphatic rings. The Morgan fingerprint density at radius 2 is 1.66 bits per heavy atom. The molecule has 0 radical (unpaired) electrons. The van der Waals surface area contributed by atoms with Crippen LogP contribution in [0.25, 0.3) is 0 Å². The fourth-order valence-electron chi connectivity index (χ4n) is 11.0. The van der Waals surface area contributed by atoms with Crippen molar-refractivity contribution in [1.82, 2.24) is 0 Å². The topological polar surface area (TPSA) is 69.7 Å². The van der Waals surface area contributed by atoms with E-state index in [9.17, 15) is 14.4 Å². The van der Waals surface area contributed by atoms with Crippen molar-refractivity contribution in [2.75, 3.05) is 20.8 Å². The van der Waals surface area contributed by atoms with Crippen LogP contribution < -0.4 is 0 Å². The Morgan fingerprint density at radius 3 is 2.32 bits per heavy atom. The highest BCUT2D eigenvalue weighted by molar-refractivity contribution is 5.96. The van der Waals surface area contributed by atoms with E-state index in [-0.39, 0.29) is 63.0 Å². The zero-order valence-electron chi connectivity index (χ0n) is 25.1. The molecule has 4 fully saturated rings. The smallest absolute Gasteiger partial charge is 0.308 e. The van der Waals surface area contributed by atoms with Gasteiger partial charge in [0.1, 0.15) is 5.78 Å². The van der Waals surface area contributed by atoms with Crippen LogP contribution in [-0.2, 0) is 23.9 Å². The number of methoxy groups -OCH3 is 2. The van der Waals surface area contributed by atoms with Crippen LogP contribution in [0.4, 0.5) is 0 Å². The van der Waals surface area contributed by atoms with Crippen LogP contribution in [0.2, 0.25) is 0 Å². The predicted octanol–water partition coefficient (Wildman–Crippen LogP) is 6.58. The molecule has 38 heavy (non-hydrogen) atoms. The first-order chi connectivity index (χ1) is 17.7. The first-order valence-corrected chi connectivity index (χ1v) is 15.1. The minimum atomic E-state index is -0.412. The van der Waals surface area contributed by atoms with Gasteiger partial charge in [0.15, 0.2) is 5.78 Å². The van der Waals surface area contributed by atoms with Gasteiger partial charge < -0.3 is 9.47 Å². The van der Waals surface area contributed by atoms with E-state index >= 15 is 0 Å². The van der Waals surface area contributed by atoms with Gasteiger partial charge in [0.25, 0.3) is 0 Å². The van der Waals surface area contributed by atoms with E-state index in [1.807, 2.05) is 0 Å². The molecule has 5 rings (SSSR count).